The van der Waals surface area contributed by atoms with Gasteiger partial charge in [-0.25, -0.2) is 0 Å². The standard InChI is InChI=1S/C15H27ClN2O/c1-15(2,12-16)14(19)18-10-6-13(7-11-18)17-8-4-3-5-9-17/h13H,3-12H2,1-2H3. The first kappa shape index (κ1) is 15.1. The van der Waals surface area contributed by atoms with E-state index in [0.717, 1.165) is 25.9 Å². The molecule has 0 unspecified atom stereocenters. The summed E-state index contributed by atoms with van der Waals surface area (Å²) >= 11 is 5.90. The van der Waals surface area contributed by atoms with Gasteiger partial charge in [0.1, 0.15) is 0 Å². The summed E-state index contributed by atoms with van der Waals surface area (Å²) in [5.41, 5.74) is -0.417. The van der Waals surface area contributed by atoms with Crippen molar-refractivity contribution in [1.29, 1.82) is 0 Å². The van der Waals surface area contributed by atoms with E-state index in [9.17, 15) is 4.79 Å². The summed E-state index contributed by atoms with van der Waals surface area (Å²) in [7, 11) is 0. The Labute approximate surface area is 122 Å². The minimum Gasteiger partial charge on any atom is -0.342 e. The van der Waals surface area contributed by atoms with Crippen LogP contribution in [-0.4, -0.2) is 53.8 Å². The van der Waals surface area contributed by atoms with Crippen LogP contribution in [0.5, 0.6) is 0 Å². The summed E-state index contributed by atoms with van der Waals surface area (Å²) in [5, 5.41) is 0. The number of alkyl halides is 1. The van der Waals surface area contributed by atoms with E-state index >= 15 is 0 Å². The molecule has 0 aliphatic carbocycles. The molecule has 2 saturated heterocycles. The first-order valence-electron chi connectivity index (χ1n) is 7.64. The molecule has 0 saturated carbocycles. The zero-order valence-electron chi connectivity index (χ0n) is 12.3. The largest absolute Gasteiger partial charge is 0.342 e. The molecule has 2 aliphatic rings. The van der Waals surface area contributed by atoms with Crippen molar-refractivity contribution in [2.75, 3.05) is 32.1 Å². The number of likely N-dealkylation sites (tertiary alicyclic amines) is 2. The summed E-state index contributed by atoms with van der Waals surface area (Å²) in [5.74, 6) is 0.623. The molecule has 2 rings (SSSR count). The maximum absolute atomic E-state index is 12.4. The van der Waals surface area contributed by atoms with E-state index in [4.69, 9.17) is 11.6 Å². The van der Waals surface area contributed by atoms with Gasteiger partial charge in [0.25, 0.3) is 0 Å². The van der Waals surface area contributed by atoms with Crippen molar-refractivity contribution < 1.29 is 4.79 Å². The molecule has 19 heavy (non-hydrogen) atoms. The van der Waals surface area contributed by atoms with Crippen LogP contribution in [0.15, 0.2) is 0 Å². The minimum atomic E-state index is -0.417. The van der Waals surface area contributed by atoms with Gasteiger partial charge in [0.15, 0.2) is 0 Å². The molecule has 0 atom stereocenters. The van der Waals surface area contributed by atoms with Crippen LogP contribution in [0.4, 0.5) is 0 Å². The summed E-state index contributed by atoms with van der Waals surface area (Å²) in [4.78, 5) is 17.0. The molecule has 0 aromatic carbocycles. The van der Waals surface area contributed by atoms with Crippen molar-refractivity contribution in [2.24, 2.45) is 5.41 Å². The Bertz CT molecular complexity index is 305. The Morgan fingerprint density at radius 1 is 1.11 bits per heavy atom. The fourth-order valence-corrected chi connectivity index (χ4v) is 3.32. The van der Waals surface area contributed by atoms with Crippen molar-refractivity contribution in [1.82, 2.24) is 9.80 Å². The minimum absolute atomic E-state index is 0.222. The number of carbonyl (C=O) groups is 1. The smallest absolute Gasteiger partial charge is 0.229 e. The first-order valence-corrected chi connectivity index (χ1v) is 8.17. The van der Waals surface area contributed by atoms with Crippen molar-refractivity contribution in [3.63, 3.8) is 0 Å². The second-order valence-corrected chi connectivity index (χ2v) is 6.90. The van der Waals surface area contributed by atoms with E-state index in [1.165, 1.54) is 32.4 Å². The molecule has 1 amide bonds. The van der Waals surface area contributed by atoms with E-state index in [1.54, 1.807) is 0 Å². The number of amides is 1. The van der Waals surface area contributed by atoms with Gasteiger partial charge in [0.2, 0.25) is 5.91 Å². The second kappa shape index (κ2) is 6.45. The van der Waals surface area contributed by atoms with Crippen LogP contribution >= 0.6 is 11.6 Å². The fourth-order valence-electron chi connectivity index (χ4n) is 3.20. The normalized spacial score (nSPS) is 23.6. The average molecular weight is 287 g/mol. The van der Waals surface area contributed by atoms with E-state index in [0.29, 0.717) is 11.9 Å². The number of halogens is 1. The SMILES string of the molecule is CC(C)(CCl)C(=O)N1CCC(N2CCCCC2)CC1. The molecule has 3 nitrogen and oxygen atoms in total. The van der Waals surface area contributed by atoms with E-state index in [1.807, 2.05) is 18.7 Å². The van der Waals surface area contributed by atoms with Gasteiger partial charge in [-0.1, -0.05) is 6.42 Å². The summed E-state index contributed by atoms with van der Waals surface area (Å²) in [6, 6.07) is 0.698. The number of hydrogen-bond donors (Lipinski definition) is 0. The van der Waals surface area contributed by atoms with Gasteiger partial charge >= 0.3 is 0 Å². The molecule has 2 fully saturated rings. The quantitative estimate of drug-likeness (QED) is 0.745. The number of nitrogens with zero attached hydrogens (tertiary/aromatic N) is 2. The summed E-state index contributed by atoms with van der Waals surface area (Å²) in [6.07, 6.45) is 6.34. The predicted molar refractivity (Wildman–Crippen MR) is 79.5 cm³/mol. The molecule has 0 spiro atoms. The summed E-state index contributed by atoms with van der Waals surface area (Å²) in [6.45, 7) is 8.20. The highest BCUT2D eigenvalue weighted by Gasteiger charge is 2.34. The maximum atomic E-state index is 12.4. The lowest BCUT2D eigenvalue weighted by Gasteiger charge is -2.41. The van der Waals surface area contributed by atoms with Crippen LogP contribution in [0.3, 0.4) is 0 Å². The number of carbonyl (C=O) groups excluding carboxylic acids is 1. The Morgan fingerprint density at radius 3 is 2.21 bits per heavy atom. The highest BCUT2D eigenvalue weighted by molar-refractivity contribution is 6.19. The third kappa shape index (κ3) is 3.63. The van der Waals surface area contributed by atoms with E-state index in [2.05, 4.69) is 4.90 Å². The van der Waals surface area contributed by atoms with Gasteiger partial charge < -0.3 is 9.80 Å². The van der Waals surface area contributed by atoms with Gasteiger partial charge in [0.05, 0.1) is 5.41 Å². The van der Waals surface area contributed by atoms with Crippen LogP contribution in [0.2, 0.25) is 0 Å². The molecule has 0 aromatic heterocycles. The van der Waals surface area contributed by atoms with Crippen LogP contribution in [0.25, 0.3) is 0 Å². The Kier molecular flexibility index (Phi) is 5.13. The van der Waals surface area contributed by atoms with Gasteiger partial charge in [-0.05, 0) is 52.6 Å². The third-order valence-electron chi connectivity index (χ3n) is 4.57. The topological polar surface area (TPSA) is 23.6 Å². The van der Waals surface area contributed by atoms with E-state index < -0.39 is 5.41 Å². The van der Waals surface area contributed by atoms with Crippen molar-refractivity contribution in [3.8, 4) is 0 Å². The maximum Gasteiger partial charge on any atom is 0.229 e. The predicted octanol–water partition coefficient (Wildman–Crippen LogP) is 2.73. The molecule has 0 aromatic rings. The number of piperidine rings is 2. The monoisotopic (exact) mass is 286 g/mol. The van der Waals surface area contributed by atoms with Crippen LogP contribution in [0.1, 0.15) is 46.0 Å². The Hall–Kier alpha value is -0.280. The number of rotatable bonds is 3. The Balaban J connectivity index is 1.83. The Morgan fingerprint density at radius 2 is 1.68 bits per heavy atom. The lowest BCUT2D eigenvalue weighted by atomic mass is 9.92. The zero-order chi connectivity index (χ0) is 13.9. The van der Waals surface area contributed by atoms with Crippen LogP contribution in [0, 0.1) is 5.41 Å². The van der Waals surface area contributed by atoms with E-state index in [-0.39, 0.29) is 5.91 Å². The summed E-state index contributed by atoms with van der Waals surface area (Å²) < 4.78 is 0. The van der Waals surface area contributed by atoms with Crippen molar-refractivity contribution in [2.45, 2.75) is 52.0 Å². The lowest BCUT2D eigenvalue weighted by Crippen LogP contribution is -2.51. The number of hydrogen-bond acceptors (Lipinski definition) is 2. The van der Waals surface area contributed by atoms with Crippen LogP contribution in [-0.2, 0) is 4.79 Å². The second-order valence-electron chi connectivity index (χ2n) is 6.64. The van der Waals surface area contributed by atoms with Gasteiger partial charge in [0, 0.05) is 25.0 Å². The molecule has 0 N–H and O–H groups in total. The molecular formula is C15H27ClN2O. The molecule has 4 heteroatoms. The molecular weight excluding hydrogens is 260 g/mol. The highest BCUT2D eigenvalue weighted by atomic mass is 35.5. The zero-order valence-corrected chi connectivity index (χ0v) is 13.1. The molecule has 0 bridgehead atoms. The van der Waals surface area contributed by atoms with Gasteiger partial charge in [-0.3, -0.25) is 4.79 Å². The van der Waals surface area contributed by atoms with Gasteiger partial charge in [-0.15, -0.1) is 11.6 Å². The first-order chi connectivity index (χ1) is 9.04. The molecule has 0 radical (unpaired) electrons. The molecule has 2 aliphatic heterocycles. The highest BCUT2D eigenvalue weighted by Crippen LogP contribution is 2.25. The van der Waals surface area contributed by atoms with Gasteiger partial charge in [-0.2, -0.15) is 0 Å². The van der Waals surface area contributed by atoms with Crippen molar-refractivity contribution in [3.05, 3.63) is 0 Å². The molecule has 2 heterocycles. The average Bonchev–Trinajstić information content (AvgIpc) is 2.47. The van der Waals surface area contributed by atoms with Crippen LogP contribution < -0.4 is 0 Å². The third-order valence-corrected chi connectivity index (χ3v) is 5.24. The lowest BCUT2D eigenvalue weighted by molar-refractivity contribution is -0.140. The van der Waals surface area contributed by atoms with Crippen molar-refractivity contribution >= 4 is 17.5 Å². The molecule has 110 valence electrons. The fraction of sp³-hybridized carbons (Fsp3) is 0.933.